The molecular weight excluding hydrogens is 478 g/mol. The summed E-state index contributed by atoms with van der Waals surface area (Å²) in [5.74, 6) is -0.451. The van der Waals surface area contributed by atoms with E-state index in [4.69, 9.17) is 16.7 Å². The molecule has 0 atom stereocenters. The highest BCUT2D eigenvalue weighted by atomic mass is 35.5. The maximum Gasteiger partial charge on any atom is 0.271 e. The van der Waals surface area contributed by atoms with E-state index in [0.29, 0.717) is 17.2 Å². The summed E-state index contributed by atoms with van der Waals surface area (Å²) in [6.45, 7) is 2.68. The van der Waals surface area contributed by atoms with Gasteiger partial charge in [-0.2, -0.15) is 0 Å². The lowest BCUT2D eigenvalue weighted by Gasteiger charge is -2.09. The third kappa shape index (κ3) is 5.57. The Balaban J connectivity index is 1.82. The molecule has 32 heavy (non-hydrogen) atoms. The molecule has 1 heterocycles. The number of carbonyl (C=O) groups is 1. The lowest BCUT2D eigenvalue weighted by molar-refractivity contribution is -0.384. The monoisotopic (exact) mass is 497 g/mol. The normalized spacial score (nSPS) is 11.6. The topological polar surface area (TPSA) is 150 Å². The molecule has 13 heteroatoms. The number of nitrogens with two attached hydrogens (primary N) is 1. The van der Waals surface area contributed by atoms with Crippen LogP contribution in [0, 0.1) is 10.1 Å². The number of amides is 1. The minimum atomic E-state index is -3.87. The van der Waals surface area contributed by atoms with Gasteiger partial charge in [-0.15, -0.1) is 0 Å². The molecule has 1 amide bonds. The fourth-order valence-corrected chi connectivity index (χ4v) is 4.49. The van der Waals surface area contributed by atoms with Crippen molar-refractivity contribution in [2.24, 2.45) is 5.14 Å². The van der Waals surface area contributed by atoms with Gasteiger partial charge in [0.15, 0.2) is 5.16 Å². The summed E-state index contributed by atoms with van der Waals surface area (Å²) in [6, 6.07) is 8.25. The van der Waals surface area contributed by atoms with E-state index >= 15 is 0 Å². The highest BCUT2D eigenvalue weighted by Crippen LogP contribution is 2.29. The lowest BCUT2D eigenvalue weighted by atomic mass is 10.3. The number of primary sulfonamides is 1. The van der Waals surface area contributed by atoms with Crippen molar-refractivity contribution < 1.29 is 18.1 Å². The van der Waals surface area contributed by atoms with Crippen molar-refractivity contribution in [3.63, 3.8) is 0 Å². The molecule has 0 aliphatic carbocycles. The van der Waals surface area contributed by atoms with E-state index in [1.54, 1.807) is 6.07 Å². The predicted molar refractivity (Wildman–Crippen MR) is 123 cm³/mol. The van der Waals surface area contributed by atoms with Crippen LogP contribution >= 0.6 is 23.4 Å². The van der Waals surface area contributed by atoms with Gasteiger partial charge in [0.05, 0.1) is 37.3 Å². The summed E-state index contributed by atoms with van der Waals surface area (Å²) in [7, 11) is -3.87. The maximum absolute atomic E-state index is 12.5. The van der Waals surface area contributed by atoms with Crippen LogP contribution in [-0.2, 0) is 21.4 Å². The molecule has 1 aromatic heterocycles. The molecule has 170 valence electrons. The Labute approximate surface area is 193 Å². The summed E-state index contributed by atoms with van der Waals surface area (Å²) in [6.07, 6.45) is 1.80. The number of halogens is 1. The molecule has 0 spiro atoms. The largest absolute Gasteiger partial charge is 0.324 e. The fraction of sp³-hybridized carbons (Fsp3) is 0.263. The minimum absolute atomic E-state index is 0.0312. The van der Waals surface area contributed by atoms with Crippen LogP contribution in [0.25, 0.3) is 11.0 Å². The Bertz CT molecular complexity index is 1290. The maximum atomic E-state index is 12.5. The van der Waals surface area contributed by atoms with Crippen LogP contribution < -0.4 is 10.5 Å². The van der Waals surface area contributed by atoms with E-state index in [1.165, 1.54) is 30.3 Å². The van der Waals surface area contributed by atoms with Crippen molar-refractivity contribution in [1.82, 2.24) is 9.55 Å². The second-order valence-corrected chi connectivity index (χ2v) is 9.76. The average Bonchev–Trinajstić information content (AvgIpc) is 3.08. The highest BCUT2D eigenvalue weighted by molar-refractivity contribution is 7.99. The second-order valence-electron chi connectivity index (χ2n) is 6.85. The summed E-state index contributed by atoms with van der Waals surface area (Å²) in [5, 5.41) is 19.5. The van der Waals surface area contributed by atoms with Crippen LogP contribution in [0.4, 0.5) is 11.4 Å². The Morgan fingerprint density at radius 1 is 1.31 bits per heavy atom. The Morgan fingerprint density at radius 2 is 2.06 bits per heavy atom. The number of benzene rings is 2. The number of nitrogens with zero attached hydrogens (tertiary/aromatic N) is 3. The van der Waals surface area contributed by atoms with Gasteiger partial charge >= 0.3 is 0 Å². The first kappa shape index (κ1) is 24.0. The van der Waals surface area contributed by atoms with Crippen LogP contribution in [0.1, 0.15) is 19.8 Å². The molecule has 0 fully saturated rings. The lowest BCUT2D eigenvalue weighted by Crippen LogP contribution is -2.15. The zero-order valence-electron chi connectivity index (χ0n) is 16.9. The fourth-order valence-electron chi connectivity index (χ4n) is 2.95. The Kier molecular flexibility index (Phi) is 7.39. The standard InChI is InChI=1S/C19H20ClN5O5S2/c1-2-3-8-24-17-7-5-13(32(21,29)30)10-16(17)23-19(24)31-11-18(26)22-15-9-12(25(27)28)4-6-14(15)20/h4-7,9-10H,2-3,8,11H2,1H3,(H,22,26)(H2,21,29,30). The SMILES string of the molecule is CCCCn1c(SCC(=O)Nc2cc([N+](=O)[O-])ccc2Cl)nc2cc(S(N)(=O)=O)ccc21. The number of hydrogen-bond acceptors (Lipinski definition) is 7. The summed E-state index contributed by atoms with van der Waals surface area (Å²) >= 11 is 7.19. The van der Waals surface area contributed by atoms with Gasteiger partial charge in [0.2, 0.25) is 15.9 Å². The molecular formula is C19H20ClN5O5S2. The number of thioether (sulfide) groups is 1. The van der Waals surface area contributed by atoms with Crippen LogP contribution in [0.5, 0.6) is 0 Å². The highest BCUT2D eigenvalue weighted by Gasteiger charge is 2.17. The zero-order valence-corrected chi connectivity index (χ0v) is 19.3. The third-order valence-corrected chi connectivity index (χ3v) is 6.73. The van der Waals surface area contributed by atoms with Crippen molar-refractivity contribution in [3.05, 3.63) is 51.5 Å². The van der Waals surface area contributed by atoms with Crippen molar-refractivity contribution in [2.45, 2.75) is 36.4 Å². The number of fused-ring (bicyclic) bond motifs is 1. The van der Waals surface area contributed by atoms with Crippen LogP contribution in [0.2, 0.25) is 5.02 Å². The van der Waals surface area contributed by atoms with E-state index < -0.39 is 20.9 Å². The number of carbonyl (C=O) groups excluding carboxylic acids is 1. The van der Waals surface area contributed by atoms with Crippen molar-refractivity contribution >= 4 is 61.7 Å². The third-order valence-electron chi connectivity index (χ3n) is 4.52. The predicted octanol–water partition coefficient (Wildman–Crippen LogP) is 3.78. The number of aromatic nitrogens is 2. The van der Waals surface area contributed by atoms with Gasteiger partial charge < -0.3 is 9.88 Å². The average molecular weight is 498 g/mol. The van der Waals surface area contributed by atoms with Crippen molar-refractivity contribution in [1.29, 1.82) is 0 Å². The number of sulfonamides is 1. The van der Waals surface area contributed by atoms with E-state index in [2.05, 4.69) is 10.3 Å². The van der Waals surface area contributed by atoms with Gasteiger partial charge in [-0.1, -0.05) is 36.7 Å². The molecule has 3 rings (SSSR count). The number of nitro benzene ring substituents is 1. The molecule has 3 N–H and O–H groups in total. The Hall–Kier alpha value is -2.67. The summed E-state index contributed by atoms with van der Waals surface area (Å²) < 4.78 is 25.2. The first-order valence-corrected chi connectivity index (χ1v) is 12.4. The Morgan fingerprint density at radius 3 is 2.72 bits per heavy atom. The smallest absolute Gasteiger partial charge is 0.271 e. The molecule has 0 saturated carbocycles. The molecule has 0 aliphatic rings. The van der Waals surface area contributed by atoms with Crippen LogP contribution in [0.3, 0.4) is 0 Å². The van der Waals surface area contributed by atoms with E-state index in [9.17, 15) is 23.3 Å². The molecule has 0 saturated heterocycles. The molecule has 3 aromatic rings. The van der Waals surface area contributed by atoms with Gasteiger partial charge in [-0.05, 0) is 30.7 Å². The number of hydrogen-bond donors (Lipinski definition) is 2. The number of nitrogens with one attached hydrogen (secondary N) is 1. The number of aryl methyl sites for hydroxylation is 1. The second kappa shape index (κ2) is 9.86. The number of unbranched alkanes of at least 4 members (excludes halogenated alkanes) is 1. The molecule has 0 unspecified atom stereocenters. The number of rotatable bonds is 9. The molecule has 2 aromatic carbocycles. The number of nitro groups is 1. The van der Waals surface area contributed by atoms with Gasteiger partial charge in [-0.25, -0.2) is 18.5 Å². The van der Waals surface area contributed by atoms with Gasteiger partial charge in [0, 0.05) is 18.7 Å². The van der Waals surface area contributed by atoms with Gasteiger partial charge in [0.25, 0.3) is 5.69 Å². The summed E-state index contributed by atoms with van der Waals surface area (Å²) in [5.41, 5.74) is 1.14. The van der Waals surface area contributed by atoms with Crippen LogP contribution in [-0.4, -0.2) is 34.6 Å². The molecule has 10 nitrogen and oxygen atoms in total. The quantitative estimate of drug-likeness (QED) is 0.259. The first-order chi connectivity index (χ1) is 15.1. The zero-order chi connectivity index (χ0) is 23.5. The van der Waals surface area contributed by atoms with Crippen LogP contribution in [0.15, 0.2) is 46.5 Å². The minimum Gasteiger partial charge on any atom is -0.324 e. The number of imidazole rings is 1. The number of anilines is 1. The van der Waals surface area contributed by atoms with Gasteiger partial charge in [-0.3, -0.25) is 14.9 Å². The van der Waals surface area contributed by atoms with E-state index in [1.807, 2.05) is 11.5 Å². The number of non-ortho nitro benzene ring substituents is 1. The summed E-state index contributed by atoms with van der Waals surface area (Å²) in [4.78, 5) is 27.3. The van der Waals surface area contributed by atoms with Crippen molar-refractivity contribution in [2.75, 3.05) is 11.1 Å². The van der Waals surface area contributed by atoms with Crippen molar-refractivity contribution in [3.8, 4) is 0 Å². The van der Waals surface area contributed by atoms with E-state index in [-0.39, 0.29) is 27.0 Å². The van der Waals surface area contributed by atoms with E-state index in [0.717, 1.165) is 30.1 Å². The molecule has 0 radical (unpaired) electrons. The molecule has 0 aliphatic heterocycles. The molecule has 0 bridgehead atoms. The van der Waals surface area contributed by atoms with Gasteiger partial charge in [0.1, 0.15) is 0 Å². The first-order valence-electron chi connectivity index (χ1n) is 9.50.